The fourth-order valence-corrected chi connectivity index (χ4v) is 2.74. The first-order valence-corrected chi connectivity index (χ1v) is 8.28. The van der Waals surface area contributed by atoms with Gasteiger partial charge in [-0.25, -0.2) is 0 Å². The van der Waals surface area contributed by atoms with E-state index in [9.17, 15) is 9.59 Å². The van der Waals surface area contributed by atoms with Gasteiger partial charge in [0.15, 0.2) is 6.04 Å². The molecule has 0 spiro atoms. The number of nitrogens with zero attached hydrogens (tertiary/aromatic N) is 4. The van der Waals surface area contributed by atoms with Gasteiger partial charge in [-0.1, -0.05) is 35.3 Å². The Balaban J connectivity index is 1.86. The van der Waals surface area contributed by atoms with Crippen molar-refractivity contribution >= 4 is 52.1 Å². The zero-order valence-electron chi connectivity index (χ0n) is 13.6. The van der Waals surface area contributed by atoms with Crippen molar-refractivity contribution in [3.8, 4) is 0 Å². The summed E-state index contributed by atoms with van der Waals surface area (Å²) in [4.78, 5) is 23.9. The Kier molecular flexibility index (Phi) is 5.01. The van der Waals surface area contributed by atoms with Crippen LogP contribution in [0, 0.1) is 0 Å². The smallest absolute Gasteiger partial charge is 0.280 e. The van der Waals surface area contributed by atoms with Gasteiger partial charge in [0.1, 0.15) is 0 Å². The van der Waals surface area contributed by atoms with E-state index in [1.54, 1.807) is 43.3 Å². The largest absolute Gasteiger partial charge is 0.366 e. The third-order valence-electron chi connectivity index (χ3n) is 3.67. The maximum atomic E-state index is 12.7. The Hall–Kier alpha value is -2.77. The maximum Gasteiger partial charge on any atom is 0.280 e. The van der Waals surface area contributed by atoms with E-state index >= 15 is 0 Å². The van der Waals surface area contributed by atoms with Gasteiger partial charge >= 0.3 is 0 Å². The Morgan fingerprint density at radius 3 is 2.69 bits per heavy atom. The summed E-state index contributed by atoms with van der Waals surface area (Å²) in [5.74, 6) is -0.972. The van der Waals surface area contributed by atoms with Gasteiger partial charge < -0.3 is 5.73 Å². The molecule has 1 unspecified atom stereocenters. The molecule has 0 radical (unpaired) electrons. The number of carbonyl (C=O) groups excluding carboxylic acids is 2. The monoisotopic (exact) mass is 389 g/mol. The minimum atomic E-state index is -0.887. The molecule has 2 aromatic rings. The second-order valence-corrected chi connectivity index (χ2v) is 6.28. The summed E-state index contributed by atoms with van der Waals surface area (Å²) in [6.45, 7) is 1.67. The van der Waals surface area contributed by atoms with E-state index in [0.29, 0.717) is 27.7 Å². The lowest BCUT2D eigenvalue weighted by Crippen LogP contribution is -2.29. The van der Waals surface area contributed by atoms with Crippen molar-refractivity contribution in [3.05, 3.63) is 58.1 Å². The highest BCUT2D eigenvalue weighted by Gasteiger charge is 2.35. The van der Waals surface area contributed by atoms with Crippen LogP contribution in [0.15, 0.2) is 57.8 Å². The molecule has 0 fully saturated rings. The second-order valence-electron chi connectivity index (χ2n) is 5.50. The lowest BCUT2D eigenvalue weighted by Gasteiger charge is -2.14. The minimum absolute atomic E-state index is 0.228. The fourth-order valence-electron chi connectivity index (χ4n) is 2.36. The predicted octanol–water partition coefficient (Wildman–Crippen LogP) is 3.97. The van der Waals surface area contributed by atoms with E-state index in [0.717, 1.165) is 5.01 Å². The SMILES string of the molecule is CC1=NN(c2cccc(Cl)c2Cl)C(=O)C1N=Nc1cccc(C(N)=O)c1. The van der Waals surface area contributed by atoms with Crippen molar-refractivity contribution in [2.75, 3.05) is 5.01 Å². The maximum absolute atomic E-state index is 12.7. The van der Waals surface area contributed by atoms with E-state index < -0.39 is 17.9 Å². The van der Waals surface area contributed by atoms with Gasteiger partial charge in [0.2, 0.25) is 5.91 Å². The Morgan fingerprint density at radius 2 is 1.96 bits per heavy atom. The van der Waals surface area contributed by atoms with E-state index in [1.165, 1.54) is 6.07 Å². The molecule has 26 heavy (non-hydrogen) atoms. The van der Waals surface area contributed by atoms with E-state index in [1.807, 2.05) is 0 Å². The van der Waals surface area contributed by atoms with Crippen LogP contribution in [0.2, 0.25) is 10.0 Å². The molecule has 9 heteroatoms. The van der Waals surface area contributed by atoms with Crippen molar-refractivity contribution in [1.29, 1.82) is 0 Å². The number of halogens is 2. The van der Waals surface area contributed by atoms with Gasteiger partial charge in [-0.05, 0) is 37.3 Å². The molecule has 0 aromatic heterocycles. The van der Waals surface area contributed by atoms with Crippen molar-refractivity contribution in [2.45, 2.75) is 13.0 Å². The average molecular weight is 390 g/mol. The molecular formula is C17H13Cl2N5O2. The first kappa shape index (κ1) is 18.0. The summed E-state index contributed by atoms with van der Waals surface area (Å²) in [5.41, 5.74) is 6.78. The van der Waals surface area contributed by atoms with Gasteiger partial charge in [0.25, 0.3) is 5.91 Å². The summed E-state index contributed by atoms with van der Waals surface area (Å²) >= 11 is 12.2. The highest BCUT2D eigenvalue weighted by Crippen LogP contribution is 2.34. The lowest BCUT2D eigenvalue weighted by atomic mass is 10.2. The number of hydrogen-bond donors (Lipinski definition) is 1. The number of azo groups is 1. The van der Waals surface area contributed by atoms with Crippen LogP contribution in [0.4, 0.5) is 11.4 Å². The molecule has 1 aliphatic heterocycles. The van der Waals surface area contributed by atoms with Crippen LogP contribution in [0.3, 0.4) is 0 Å². The van der Waals surface area contributed by atoms with Crippen LogP contribution in [-0.2, 0) is 4.79 Å². The Morgan fingerprint density at radius 1 is 1.23 bits per heavy atom. The van der Waals surface area contributed by atoms with Crippen molar-refractivity contribution in [3.63, 3.8) is 0 Å². The molecule has 1 atom stereocenters. The van der Waals surface area contributed by atoms with Crippen molar-refractivity contribution < 1.29 is 9.59 Å². The van der Waals surface area contributed by atoms with E-state index in [-0.39, 0.29) is 5.02 Å². The zero-order chi connectivity index (χ0) is 18.8. The molecule has 2 amide bonds. The summed E-state index contributed by atoms with van der Waals surface area (Å²) in [6.07, 6.45) is 0. The number of nitrogens with two attached hydrogens (primary N) is 1. The number of anilines is 1. The summed E-state index contributed by atoms with van der Waals surface area (Å²) in [7, 11) is 0. The normalized spacial score (nSPS) is 17.0. The second kappa shape index (κ2) is 7.23. The number of hydrogen-bond acceptors (Lipinski definition) is 5. The summed E-state index contributed by atoms with van der Waals surface area (Å²) < 4.78 is 0. The van der Waals surface area contributed by atoms with E-state index in [2.05, 4.69) is 15.3 Å². The number of hydrazone groups is 1. The number of benzene rings is 2. The van der Waals surface area contributed by atoms with Crippen LogP contribution in [0.1, 0.15) is 17.3 Å². The molecule has 3 rings (SSSR count). The predicted molar refractivity (Wildman–Crippen MR) is 100 cm³/mol. The van der Waals surface area contributed by atoms with Crippen LogP contribution >= 0.6 is 23.2 Å². The average Bonchev–Trinajstić information content (AvgIpc) is 2.90. The highest BCUT2D eigenvalue weighted by atomic mass is 35.5. The van der Waals surface area contributed by atoms with Crippen LogP contribution in [-0.4, -0.2) is 23.6 Å². The van der Waals surface area contributed by atoms with Crippen molar-refractivity contribution in [2.24, 2.45) is 21.1 Å². The van der Waals surface area contributed by atoms with Gasteiger partial charge in [-0.2, -0.15) is 20.3 Å². The first-order valence-electron chi connectivity index (χ1n) is 7.52. The Bertz CT molecular complexity index is 958. The van der Waals surface area contributed by atoms with E-state index in [4.69, 9.17) is 28.9 Å². The standard InChI is InChI=1S/C17H13Cl2N5O2/c1-9-15(22-21-11-5-2-4-10(8-11)16(20)25)17(26)24(23-9)13-7-3-6-12(18)14(13)19/h2-8,15H,1H3,(H2,20,25). The molecule has 0 saturated heterocycles. The van der Waals surface area contributed by atoms with Gasteiger partial charge in [-0.15, -0.1) is 0 Å². The topological polar surface area (TPSA) is 100 Å². The first-order chi connectivity index (χ1) is 12.4. The highest BCUT2D eigenvalue weighted by molar-refractivity contribution is 6.44. The molecule has 1 heterocycles. The summed E-state index contributed by atoms with van der Waals surface area (Å²) in [6, 6.07) is 10.4. The Labute approximate surface area is 159 Å². The van der Waals surface area contributed by atoms with Gasteiger partial charge in [0, 0.05) is 5.56 Å². The zero-order valence-corrected chi connectivity index (χ0v) is 15.1. The minimum Gasteiger partial charge on any atom is -0.366 e. The third-order valence-corrected chi connectivity index (χ3v) is 4.48. The summed E-state index contributed by atoms with van der Waals surface area (Å²) in [5, 5.41) is 14.0. The number of rotatable bonds is 4. The molecular weight excluding hydrogens is 377 g/mol. The number of primary amides is 1. The van der Waals surface area contributed by atoms with Crippen LogP contribution < -0.4 is 10.7 Å². The lowest BCUT2D eigenvalue weighted by molar-refractivity contribution is -0.117. The fraction of sp³-hybridized carbons (Fsp3) is 0.118. The molecule has 0 aliphatic carbocycles. The van der Waals surface area contributed by atoms with Crippen molar-refractivity contribution in [1.82, 2.24) is 0 Å². The number of carbonyl (C=O) groups is 2. The molecule has 0 saturated carbocycles. The molecule has 0 bridgehead atoms. The van der Waals surface area contributed by atoms with Crippen LogP contribution in [0.25, 0.3) is 0 Å². The molecule has 7 nitrogen and oxygen atoms in total. The molecule has 2 aromatic carbocycles. The third kappa shape index (κ3) is 3.44. The number of amides is 2. The molecule has 1 aliphatic rings. The van der Waals surface area contributed by atoms with Crippen LogP contribution in [0.5, 0.6) is 0 Å². The molecule has 2 N–H and O–H groups in total. The quantitative estimate of drug-likeness (QED) is 0.799. The van der Waals surface area contributed by atoms with Gasteiger partial charge in [0.05, 0.1) is 27.1 Å². The van der Waals surface area contributed by atoms with Gasteiger partial charge in [-0.3, -0.25) is 9.59 Å². The molecule has 132 valence electrons.